The summed E-state index contributed by atoms with van der Waals surface area (Å²) >= 11 is 0. The van der Waals surface area contributed by atoms with Crippen LogP contribution in [0.1, 0.15) is 73.1 Å². The highest BCUT2D eigenvalue weighted by atomic mass is 14.1. The van der Waals surface area contributed by atoms with E-state index in [2.05, 4.69) is 46.8 Å². The van der Waals surface area contributed by atoms with Gasteiger partial charge in [0.05, 0.1) is 0 Å². The zero-order chi connectivity index (χ0) is 12.4. The van der Waals surface area contributed by atoms with E-state index in [0.29, 0.717) is 0 Å². The summed E-state index contributed by atoms with van der Waals surface area (Å²) in [5.41, 5.74) is 0. The lowest BCUT2D eigenvalue weighted by atomic mass is 9.90. The molecule has 0 spiro atoms. The van der Waals surface area contributed by atoms with Gasteiger partial charge >= 0.3 is 0 Å². The minimum absolute atomic E-state index is 0.811. The average Bonchev–Trinajstić information content (AvgIpc) is 2.27. The van der Waals surface area contributed by atoms with Crippen LogP contribution in [-0.4, -0.2) is 0 Å². The molecule has 16 heavy (non-hydrogen) atoms. The molecule has 0 nitrogen and oxygen atoms in total. The first-order valence-corrected chi connectivity index (χ1v) is 7.30. The minimum Gasteiger partial charge on any atom is -0.0880 e. The second-order valence-corrected chi connectivity index (χ2v) is 5.48. The van der Waals surface area contributed by atoms with Crippen molar-refractivity contribution in [2.24, 2.45) is 17.8 Å². The molecule has 0 rings (SSSR count). The third-order valence-corrected chi connectivity index (χ3v) is 3.65. The number of allylic oxidation sites excluding steroid dienone is 2. The fourth-order valence-electron chi connectivity index (χ4n) is 2.18. The molecule has 0 fully saturated rings. The first-order chi connectivity index (χ1) is 7.63. The van der Waals surface area contributed by atoms with E-state index >= 15 is 0 Å². The van der Waals surface area contributed by atoms with Crippen molar-refractivity contribution in [3.8, 4) is 0 Å². The summed E-state index contributed by atoms with van der Waals surface area (Å²) in [4.78, 5) is 0. The van der Waals surface area contributed by atoms with Crippen molar-refractivity contribution in [2.45, 2.75) is 73.1 Å². The van der Waals surface area contributed by atoms with E-state index in [-0.39, 0.29) is 0 Å². The lowest BCUT2D eigenvalue weighted by Crippen LogP contribution is -2.03. The van der Waals surface area contributed by atoms with Crippen molar-refractivity contribution in [3.63, 3.8) is 0 Å². The van der Waals surface area contributed by atoms with Crippen LogP contribution >= 0.6 is 0 Å². The molecule has 0 heteroatoms. The van der Waals surface area contributed by atoms with E-state index in [0.717, 1.165) is 17.8 Å². The Morgan fingerprint density at radius 1 is 0.938 bits per heavy atom. The van der Waals surface area contributed by atoms with Crippen LogP contribution in [0.15, 0.2) is 12.2 Å². The van der Waals surface area contributed by atoms with E-state index in [4.69, 9.17) is 0 Å². The summed E-state index contributed by atoms with van der Waals surface area (Å²) in [5.74, 6) is 2.55. The van der Waals surface area contributed by atoms with Gasteiger partial charge in [-0.3, -0.25) is 0 Å². The van der Waals surface area contributed by atoms with Crippen molar-refractivity contribution < 1.29 is 0 Å². The zero-order valence-electron chi connectivity index (χ0n) is 12.1. The Bertz CT molecular complexity index is 169. The maximum Gasteiger partial charge on any atom is -0.0234 e. The van der Waals surface area contributed by atoms with Crippen LogP contribution in [0.3, 0.4) is 0 Å². The molecular formula is C16H32. The van der Waals surface area contributed by atoms with Gasteiger partial charge in [-0.2, -0.15) is 0 Å². The SMILES string of the molecule is CCCC(C)CC(C=CCC(C)CC)CC. The van der Waals surface area contributed by atoms with E-state index in [1.807, 2.05) is 0 Å². The summed E-state index contributed by atoms with van der Waals surface area (Å²) in [5, 5.41) is 0. The van der Waals surface area contributed by atoms with Gasteiger partial charge in [0.15, 0.2) is 0 Å². The normalized spacial score (nSPS) is 17.6. The fraction of sp³-hybridized carbons (Fsp3) is 0.875. The summed E-state index contributed by atoms with van der Waals surface area (Å²) in [6, 6.07) is 0. The van der Waals surface area contributed by atoms with Gasteiger partial charge in [-0.15, -0.1) is 0 Å². The van der Waals surface area contributed by atoms with Crippen molar-refractivity contribution in [2.75, 3.05) is 0 Å². The highest BCUT2D eigenvalue weighted by Crippen LogP contribution is 2.21. The lowest BCUT2D eigenvalue weighted by molar-refractivity contribution is 0.409. The Labute approximate surface area is 104 Å². The molecule has 96 valence electrons. The molecule has 0 N–H and O–H groups in total. The van der Waals surface area contributed by atoms with Gasteiger partial charge in [0.2, 0.25) is 0 Å². The van der Waals surface area contributed by atoms with Gasteiger partial charge in [0, 0.05) is 0 Å². The fourth-order valence-corrected chi connectivity index (χ4v) is 2.18. The predicted octanol–water partition coefficient (Wildman–Crippen LogP) is 5.83. The van der Waals surface area contributed by atoms with Crippen molar-refractivity contribution in [3.05, 3.63) is 12.2 Å². The molecule has 0 aromatic carbocycles. The molecule has 0 aromatic heterocycles. The Morgan fingerprint density at radius 3 is 2.12 bits per heavy atom. The number of rotatable bonds is 9. The van der Waals surface area contributed by atoms with Crippen LogP contribution in [0.2, 0.25) is 0 Å². The second-order valence-electron chi connectivity index (χ2n) is 5.48. The van der Waals surface area contributed by atoms with Crippen LogP contribution < -0.4 is 0 Å². The highest BCUT2D eigenvalue weighted by Gasteiger charge is 2.08. The molecule has 0 saturated heterocycles. The molecule has 0 amide bonds. The largest absolute Gasteiger partial charge is 0.0880 e. The topological polar surface area (TPSA) is 0 Å². The van der Waals surface area contributed by atoms with Crippen LogP contribution in [0.25, 0.3) is 0 Å². The van der Waals surface area contributed by atoms with Crippen LogP contribution in [0, 0.1) is 17.8 Å². The van der Waals surface area contributed by atoms with E-state index < -0.39 is 0 Å². The van der Waals surface area contributed by atoms with Crippen molar-refractivity contribution >= 4 is 0 Å². The molecule has 0 saturated carbocycles. The quantitative estimate of drug-likeness (QED) is 0.432. The molecule has 3 atom stereocenters. The zero-order valence-corrected chi connectivity index (χ0v) is 12.1. The van der Waals surface area contributed by atoms with E-state index in [1.54, 1.807) is 0 Å². The first-order valence-electron chi connectivity index (χ1n) is 7.30. The minimum atomic E-state index is 0.811. The highest BCUT2D eigenvalue weighted by molar-refractivity contribution is 4.89. The second kappa shape index (κ2) is 9.93. The van der Waals surface area contributed by atoms with Crippen LogP contribution in [0.4, 0.5) is 0 Å². The van der Waals surface area contributed by atoms with E-state index in [1.165, 1.54) is 38.5 Å². The van der Waals surface area contributed by atoms with E-state index in [9.17, 15) is 0 Å². The molecule has 0 bridgehead atoms. The third kappa shape index (κ3) is 7.96. The van der Waals surface area contributed by atoms with Gasteiger partial charge in [-0.05, 0) is 37.0 Å². The molecule has 0 aliphatic rings. The van der Waals surface area contributed by atoms with Crippen molar-refractivity contribution in [1.29, 1.82) is 0 Å². The van der Waals surface area contributed by atoms with Crippen LogP contribution in [-0.2, 0) is 0 Å². The average molecular weight is 224 g/mol. The smallest absolute Gasteiger partial charge is 0.0234 e. The molecule has 3 unspecified atom stereocenters. The molecule has 0 aliphatic heterocycles. The molecular weight excluding hydrogens is 192 g/mol. The Kier molecular flexibility index (Phi) is 9.77. The van der Waals surface area contributed by atoms with Crippen LogP contribution in [0.5, 0.6) is 0 Å². The Hall–Kier alpha value is -0.260. The molecule has 0 aromatic rings. The maximum atomic E-state index is 2.47. The summed E-state index contributed by atoms with van der Waals surface area (Å²) in [6.07, 6.45) is 12.8. The number of hydrogen-bond acceptors (Lipinski definition) is 0. The van der Waals surface area contributed by atoms with Gasteiger partial charge in [0.25, 0.3) is 0 Å². The molecule has 0 heterocycles. The number of hydrogen-bond donors (Lipinski definition) is 0. The first kappa shape index (κ1) is 15.7. The Morgan fingerprint density at radius 2 is 1.62 bits per heavy atom. The maximum absolute atomic E-state index is 2.47. The lowest BCUT2D eigenvalue weighted by Gasteiger charge is -2.16. The summed E-state index contributed by atoms with van der Waals surface area (Å²) in [6.45, 7) is 11.6. The standard InChI is InChI=1S/C16H32/c1-6-10-15(5)13-16(8-3)12-9-11-14(4)7-2/h9,12,14-16H,6-8,10-11,13H2,1-5H3. The summed E-state index contributed by atoms with van der Waals surface area (Å²) in [7, 11) is 0. The monoisotopic (exact) mass is 224 g/mol. The third-order valence-electron chi connectivity index (χ3n) is 3.65. The molecule has 0 aliphatic carbocycles. The predicted molar refractivity (Wildman–Crippen MR) is 75.7 cm³/mol. The van der Waals surface area contributed by atoms with Crippen molar-refractivity contribution in [1.82, 2.24) is 0 Å². The summed E-state index contributed by atoms with van der Waals surface area (Å²) < 4.78 is 0. The van der Waals surface area contributed by atoms with Gasteiger partial charge in [-0.1, -0.05) is 66.0 Å². The Balaban J connectivity index is 3.89. The van der Waals surface area contributed by atoms with Gasteiger partial charge in [-0.25, -0.2) is 0 Å². The molecule has 0 radical (unpaired) electrons. The van der Waals surface area contributed by atoms with Gasteiger partial charge < -0.3 is 0 Å². The van der Waals surface area contributed by atoms with Gasteiger partial charge in [0.1, 0.15) is 0 Å².